The maximum absolute atomic E-state index is 12.9. The number of benzene rings is 2. The molecular weight excluding hydrogens is 269 g/mol. The molecule has 2 rings (SSSR count). The topological polar surface area (TPSA) is 44.5 Å². The Morgan fingerprint density at radius 2 is 1.95 bits per heavy atom. The van der Waals surface area contributed by atoms with Gasteiger partial charge in [-0.05, 0) is 30.3 Å². The van der Waals surface area contributed by atoms with Gasteiger partial charge in [0, 0.05) is 17.3 Å². The van der Waals surface area contributed by atoms with Crippen LogP contribution in [0.5, 0.6) is 11.5 Å². The van der Waals surface area contributed by atoms with Crippen LogP contribution in [-0.4, -0.2) is 7.11 Å². The molecule has 2 aromatic rings. The quantitative estimate of drug-likeness (QED) is 0.870. The van der Waals surface area contributed by atoms with E-state index in [1.165, 1.54) is 18.2 Å². The number of nitrogens with two attached hydrogens (primary N) is 1. The second-order valence-electron chi connectivity index (χ2n) is 3.93. The van der Waals surface area contributed by atoms with E-state index in [1.807, 2.05) is 6.07 Å². The predicted molar refractivity (Wildman–Crippen MR) is 73.1 cm³/mol. The van der Waals surface area contributed by atoms with Crippen LogP contribution in [-0.2, 0) is 6.61 Å². The number of hydrogen-bond donors (Lipinski definition) is 1. The van der Waals surface area contributed by atoms with Crippen molar-refractivity contribution in [2.75, 3.05) is 12.8 Å². The molecule has 0 saturated heterocycles. The molecule has 2 N–H and O–H groups in total. The van der Waals surface area contributed by atoms with Crippen LogP contribution in [0.25, 0.3) is 0 Å². The van der Waals surface area contributed by atoms with Gasteiger partial charge in [-0.1, -0.05) is 11.6 Å². The van der Waals surface area contributed by atoms with Crippen molar-refractivity contribution in [1.29, 1.82) is 0 Å². The smallest absolute Gasteiger partial charge is 0.138 e. The first kappa shape index (κ1) is 13.5. The van der Waals surface area contributed by atoms with Crippen LogP contribution in [0.1, 0.15) is 5.56 Å². The third-order valence-electron chi connectivity index (χ3n) is 2.59. The maximum Gasteiger partial charge on any atom is 0.138 e. The van der Waals surface area contributed by atoms with Gasteiger partial charge >= 0.3 is 0 Å². The summed E-state index contributed by atoms with van der Waals surface area (Å²) in [7, 11) is 1.56. The van der Waals surface area contributed by atoms with E-state index in [9.17, 15) is 4.39 Å². The van der Waals surface area contributed by atoms with Crippen molar-refractivity contribution in [2.45, 2.75) is 6.61 Å². The van der Waals surface area contributed by atoms with Gasteiger partial charge in [0.15, 0.2) is 0 Å². The van der Waals surface area contributed by atoms with Gasteiger partial charge in [-0.15, -0.1) is 0 Å². The standard InChI is InChI=1S/C14H13ClFNO2/c1-18-14-7-11(17)4-2-9(14)8-19-13-5-3-10(16)6-12(13)15/h2-7H,8,17H2,1H3. The fourth-order valence-electron chi connectivity index (χ4n) is 1.63. The van der Waals surface area contributed by atoms with E-state index in [4.69, 9.17) is 26.8 Å². The third-order valence-corrected chi connectivity index (χ3v) is 2.88. The van der Waals surface area contributed by atoms with E-state index in [2.05, 4.69) is 0 Å². The Kier molecular flexibility index (Phi) is 4.12. The molecule has 0 fully saturated rings. The Labute approximate surface area is 115 Å². The molecule has 0 spiro atoms. The monoisotopic (exact) mass is 281 g/mol. The molecule has 0 bridgehead atoms. The highest BCUT2D eigenvalue weighted by Gasteiger charge is 2.07. The van der Waals surface area contributed by atoms with E-state index in [1.54, 1.807) is 19.2 Å². The fourth-order valence-corrected chi connectivity index (χ4v) is 1.85. The lowest BCUT2D eigenvalue weighted by Gasteiger charge is -2.11. The molecule has 0 aromatic heterocycles. The fraction of sp³-hybridized carbons (Fsp3) is 0.143. The van der Waals surface area contributed by atoms with Crippen molar-refractivity contribution in [3.8, 4) is 11.5 Å². The lowest BCUT2D eigenvalue weighted by Crippen LogP contribution is -2.00. The van der Waals surface area contributed by atoms with Gasteiger partial charge in [-0.2, -0.15) is 0 Å². The van der Waals surface area contributed by atoms with Crippen LogP contribution in [0.2, 0.25) is 5.02 Å². The number of nitrogen functional groups attached to an aromatic ring is 1. The molecule has 0 aliphatic carbocycles. The lowest BCUT2D eigenvalue weighted by atomic mass is 10.2. The molecule has 2 aromatic carbocycles. The lowest BCUT2D eigenvalue weighted by molar-refractivity contribution is 0.296. The summed E-state index contributed by atoms with van der Waals surface area (Å²) in [6.07, 6.45) is 0. The van der Waals surface area contributed by atoms with E-state index in [-0.39, 0.29) is 11.6 Å². The molecule has 0 amide bonds. The summed E-state index contributed by atoms with van der Waals surface area (Å²) in [6.45, 7) is 0.259. The Morgan fingerprint density at radius 3 is 2.63 bits per heavy atom. The molecule has 3 nitrogen and oxygen atoms in total. The van der Waals surface area contributed by atoms with Crippen LogP contribution in [0.4, 0.5) is 10.1 Å². The predicted octanol–water partition coefficient (Wildman–Crippen LogP) is 3.65. The third kappa shape index (κ3) is 3.29. The highest BCUT2D eigenvalue weighted by atomic mass is 35.5. The molecule has 19 heavy (non-hydrogen) atoms. The number of hydrogen-bond acceptors (Lipinski definition) is 3. The molecule has 0 saturated carbocycles. The largest absolute Gasteiger partial charge is 0.496 e. The van der Waals surface area contributed by atoms with Crippen LogP contribution in [0, 0.1) is 5.82 Å². The first-order chi connectivity index (χ1) is 9.10. The number of rotatable bonds is 4. The Bertz CT molecular complexity index is 590. The number of ether oxygens (including phenoxy) is 2. The second kappa shape index (κ2) is 5.80. The van der Waals surface area contributed by atoms with Gasteiger partial charge in [0.2, 0.25) is 0 Å². The zero-order chi connectivity index (χ0) is 13.8. The second-order valence-corrected chi connectivity index (χ2v) is 4.34. The van der Waals surface area contributed by atoms with Gasteiger partial charge in [-0.25, -0.2) is 4.39 Å². The summed E-state index contributed by atoms with van der Waals surface area (Å²) in [5.74, 6) is 0.655. The summed E-state index contributed by atoms with van der Waals surface area (Å²) in [5, 5.41) is 0.231. The summed E-state index contributed by atoms with van der Waals surface area (Å²) < 4.78 is 23.7. The molecule has 0 aliphatic rings. The summed E-state index contributed by atoms with van der Waals surface area (Å²) in [4.78, 5) is 0. The van der Waals surface area contributed by atoms with Crippen molar-refractivity contribution in [3.63, 3.8) is 0 Å². The van der Waals surface area contributed by atoms with Crippen molar-refractivity contribution in [2.24, 2.45) is 0 Å². The Hall–Kier alpha value is -1.94. The minimum atomic E-state index is -0.401. The van der Waals surface area contributed by atoms with Gasteiger partial charge < -0.3 is 15.2 Å². The molecular formula is C14H13ClFNO2. The van der Waals surface area contributed by atoms with Crippen molar-refractivity contribution in [1.82, 2.24) is 0 Å². The minimum absolute atomic E-state index is 0.231. The van der Waals surface area contributed by atoms with E-state index in [0.29, 0.717) is 17.2 Å². The zero-order valence-corrected chi connectivity index (χ0v) is 11.1. The maximum atomic E-state index is 12.9. The molecule has 0 radical (unpaired) electrons. The number of methoxy groups -OCH3 is 1. The van der Waals surface area contributed by atoms with Crippen LogP contribution < -0.4 is 15.2 Å². The average Bonchev–Trinajstić information content (AvgIpc) is 2.39. The first-order valence-corrected chi connectivity index (χ1v) is 5.98. The van der Waals surface area contributed by atoms with Crippen molar-refractivity contribution < 1.29 is 13.9 Å². The van der Waals surface area contributed by atoms with E-state index in [0.717, 1.165) is 5.56 Å². The zero-order valence-electron chi connectivity index (χ0n) is 10.3. The highest BCUT2D eigenvalue weighted by Crippen LogP contribution is 2.28. The average molecular weight is 282 g/mol. The first-order valence-electron chi connectivity index (χ1n) is 5.60. The van der Waals surface area contributed by atoms with E-state index >= 15 is 0 Å². The molecule has 5 heteroatoms. The van der Waals surface area contributed by atoms with Crippen molar-refractivity contribution in [3.05, 3.63) is 52.8 Å². The van der Waals surface area contributed by atoms with Gasteiger partial charge in [0.25, 0.3) is 0 Å². The van der Waals surface area contributed by atoms with E-state index < -0.39 is 5.82 Å². The Morgan fingerprint density at radius 1 is 1.16 bits per heavy atom. The van der Waals surface area contributed by atoms with Gasteiger partial charge in [0.1, 0.15) is 23.9 Å². The van der Waals surface area contributed by atoms with Crippen molar-refractivity contribution >= 4 is 17.3 Å². The van der Waals surface area contributed by atoms with Crippen LogP contribution >= 0.6 is 11.6 Å². The summed E-state index contributed by atoms with van der Waals surface area (Å²) in [6, 6.07) is 9.27. The SMILES string of the molecule is COc1cc(N)ccc1COc1ccc(F)cc1Cl. The number of halogens is 2. The molecule has 0 unspecified atom stereocenters. The Balaban J connectivity index is 2.14. The molecule has 0 atom stereocenters. The molecule has 100 valence electrons. The van der Waals surface area contributed by atoms with Crippen LogP contribution in [0.3, 0.4) is 0 Å². The summed E-state index contributed by atoms with van der Waals surface area (Å²) in [5.41, 5.74) is 7.11. The normalized spacial score (nSPS) is 10.3. The highest BCUT2D eigenvalue weighted by molar-refractivity contribution is 6.32. The molecule has 0 heterocycles. The van der Waals surface area contributed by atoms with Gasteiger partial charge in [0.05, 0.1) is 12.1 Å². The summed E-state index contributed by atoms with van der Waals surface area (Å²) >= 11 is 5.88. The van der Waals surface area contributed by atoms with Gasteiger partial charge in [-0.3, -0.25) is 0 Å². The number of anilines is 1. The van der Waals surface area contributed by atoms with Crippen LogP contribution in [0.15, 0.2) is 36.4 Å². The minimum Gasteiger partial charge on any atom is -0.496 e. The molecule has 0 aliphatic heterocycles.